The summed E-state index contributed by atoms with van der Waals surface area (Å²) in [4.78, 5) is 11.8. The van der Waals surface area contributed by atoms with Crippen molar-refractivity contribution < 1.29 is 4.79 Å². The van der Waals surface area contributed by atoms with Crippen molar-refractivity contribution in [2.75, 3.05) is 11.9 Å². The molecule has 1 heterocycles. The molecule has 14 heavy (non-hydrogen) atoms. The first-order valence-electron chi connectivity index (χ1n) is 4.76. The Kier molecular flexibility index (Phi) is 2.46. The van der Waals surface area contributed by atoms with Crippen LogP contribution in [0.2, 0.25) is 5.02 Å². The predicted octanol–water partition coefficient (Wildman–Crippen LogP) is 3.04. The van der Waals surface area contributed by atoms with Crippen LogP contribution >= 0.6 is 11.6 Å². The first-order chi connectivity index (χ1) is 6.70. The number of Topliss-reactive ketones (excluding diaryl/α,β-unsaturated/α-hetero) is 1. The third kappa shape index (κ3) is 1.50. The molecule has 1 aliphatic heterocycles. The molecule has 3 heteroatoms. The SMILES string of the molecule is Cc1ccc(Cl)c2c1NCCCC2=O. The van der Waals surface area contributed by atoms with Crippen molar-refractivity contribution in [2.24, 2.45) is 0 Å². The van der Waals surface area contributed by atoms with Crippen LogP contribution in [-0.4, -0.2) is 12.3 Å². The quantitative estimate of drug-likeness (QED) is 0.712. The normalized spacial score (nSPS) is 15.7. The van der Waals surface area contributed by atoms with Gasteiger partial charge in [-0.3, -0.25) is 4.79 Å². The summed E-state index contributed by atoms with van der Waals surface area (Å²) >= 11 is 6.02. The van der Waals surface area contributed by atoms with Crippen LogP contribution in [0.1, 0.15) is 28.8 Å². The second kappa shape index (κ2) is 3.62. The van der Waals surface area contributed by atoms with Crippen LogP contribution in [-0.2, 0) is 0 Å². The monoisotopic (exact) mass is 209 g/mol. The topological polar surface area (TPSA) is 29.1 Å². The van der Waals surface area contributed by atoms with Gasteiger partial charge in [-0.05, 0) is 25.0 Å². The molecule has 0 aromatic heterocycles. The molecule has 1 aliphatic rings. The molecular weight excluding hydrogens is 198 g/mol. The van der Waals surface area contributed by atoms with Crippen molar-refractivity contribution in [3.63, 3.8) is 0 Å². The minimum Gasteiger partial charge on any atom is -0.384 e. The van der Waals surface area contributed by atoms with Crippen LogP contribution < -0.4 is 5.32 Å². The van der Waals surface area contributed by atoms with Gasteiger partial charge in [0.05, 0.1) is 10.6 Å². The molecule has 0 saturated carbocycles. The number of hydrogen-bond donors (Lipinski definition) is 1. The average Bonchev–Trinajstić information content (AvgIpc) is 2.35. The van der Waals surface area contributed by atoms with Crippen LogP contribution in [0.15, 0.2) is 12.1 Å². The van der Waals surface area contributed by atoms with E-state index in [1.807, 2.05) is 13.0 Å². The van der Waals surface area contributed by atoms with Crippen LogP contribution in [0.4, 0.5) is 5.69 Å². The maximum Gasteiger partial charge on any atom is 0.166 e. The minimum atomic E-state index is 0.152. The van der Waals surface area contributed by atoms with Crippen LogP contribution in [0, 0.1) is 6.92 Å². The number of rotatable bonds is 0. The average molecular weight is 210 g/mol. The molecule has 0 aliphatic carbocycles. The van der Waals surface area contributed by atoms with Crippen molar-refractivity contribution in [1.29, 1.82) is 0 Å². The minimum absolute atomic E-state index is 0.152. The first-order valence-corrected chi connectivity index (χ1v) is 5.14. The van der Waals surface area contributed by atoms with Crippen LogP contribution in [0.5, 0.6) is 0 Å². The highest BCUT2D eigenvalue weighted by Gasteiger charge is 2.19. The Bertz CT molecular complexity index is 387. The molecule has 0 fully saturated rings. The van der Waals surface area contributed by atoms with E-state index in [2.05, 4.69) is 5.32 Å². The summed E-state index contributed by atoms with van der Waals surface area (Å²) in [6.07, 6.45) is 1.46. The summed E-state index contributed by atoms with van der Waals surface area (Å²) in [7, 11) is 0. The summed E-state index contributed by atoms with van der Waals surface area (Å²) in [5.41, 5.74) is 2.67. The van der Waals surface area contributed by atoms with E-state index in [1.165, 1.54) is 0 Å². The molecule has 0 radical (unpaired) electrons. The zero-order chi connectivity index (χ0) is 10.1. The smallest absolute Gasteiger partial charge is 0.166 e. The van der Waals surface area contributed by atoms with E-state index >= 15 is 0 Å². The zero-order valence-electron chi connectivity index (χ0n) is 8.06. The van der Waals surface area contributed by atoms with E-state index in [0.717, 1.165) is 24.2 Å². The Morgan fingerprint density at radius 2 is 2.21 bits per heavy atom. The molecule has 0 atom stereocenters. The molecule has 1 aromatic rings. The third-order valence-corrected chi connectivity index (χ3v) is 2.84. The summed E-state index contributed by atoms with van der Waals surface area (Å²) in [6.45, 7) is 2.83. The zero-order valence-corrected chi connectivity index (χ0v) is 8.82. The predicted molar refractivity (Wildman–Crippen MR) is 58.2 cm³/mol. The van der Waals surface area contributed by atoms with E-state index in [-0.39, 0.29) is 5.78 Å². The highest BCUT2D eigenvalue weighted by molar-refractivity contribution is 6.35. The number of aryl methyl sites for hydroxylation is 1. The molecule has 0 unspecified atom stereocenters. The van der Waals surface area contributed by atoms with Gasteiger partial charge in [-0.1, -0.05) is 17.7 Å². The van der Waals surface area contributed by atoms with Gasteiger partial charge in [0, 0.05) is 18.7 Å². The van der Waals surface area contributed by atoms with Gasteiger partial charge >= 0.3 is 0 Å². The Hall–Kier alpha value is -1.02. The highest BCUT2D eigenvalue weighted by atomic mass is 35.5. The van der Waals surface area contributed by atoms with Gasteiger partial charge in [-0.25, -0.2) is 0 Å². The van der Waals surface area contributed by atoms with Gasteiger partial charge in [0.15, 0.2) is 5.78 Å². The maximum atomic E-state index is 11.8. The third-order valence-electron chi connectivity index (χ3n) is 2.52. The summed E-state index contributed by atoms with van der Waals surface area (Å²) in [6, 6.07) is 3.73. The Balaban J connectivity index is 2.62. The van der Waals surface area contributed by atoms with Gasteiger partial charge < -0.3 is 5.32 Å². The number of benzene rings is 1. The fourth-order valence-corrected chi connectivity index (χ4v) is 2.03. The van der Waals surface area contributed by atoms with E-state index in [9.17, 15) is 4.79 Å². The second-order valence-electron chi connectivity index (χ2n) is 3.57. The van der Waals surface area contributed by atoms with Crippen molar-refractivity contribution >= 4 is 23.1 Å². The maximum absolute atomic E-state index is 11.8. The first kappa shape index (κ1) is 9.53. The molecule has 2 rings (SSSR count). The van der Waals surface area contributed by atoms with Crippen LogP contribution in [0.3, 0.4) is 0 Å². The Morgan fingerprint density at radius 1 is 1.43 bits per heavy atom. The van der Waals surface area contributed by atoms with Crippen molar-refractivity contribution in [1.82, 2.24) is 0 Å². The van der Waals surface area contributed by atoms with Gasteiger partial charge in [0.2, 0.25) is 0 Å². The molecular formula is C11H12ClNO. The largest absolute Gasteiger partial charge is 0.384 e. The lowest BCUT2D eigenvalue weighted by Crippen LogP contribution is -2.03. The summed E-state index contributed by atoms with van der Waals surface area (Å²) < 4.78 is 0. The lowest BCUT2D eigenvalue weighted by molar-refractivity contribution is 0.0984. The van der Waals surface area contributed by atoms with E-state index in [0.29, 0.717) is 17.0 Å². The number of anilines is 1. The van der Waals surface area contributed by atoms with Crippen molar-refractivity contribution in [3.8, 4) is 0 Å². The Morgan fingerprint density at radius 3 is 3.00 bits per heavy atom. The van der Waals surface area contributed by atoms with E-state index in [1.54, 1.807) is 6.07 Å². The van der Waals surface area contributed by atoms with Gasteiger partial charge in [0.25, 0.3) is 0 Å². The van der Waals surface area contributed by atoms with Crippen molar-refractivity contribution in [3.05, 3.63) is 28.3 Å². The number of fused-ring (bicyclic) bond motifs is 1. The molecule has 1 N–H and O–H groups in total. The molecule has 0 amide bonds. The molecule has 1 aromatic carbocycles. The number of ketones is 1. The molecule has 74 valence electrons. The number of halogens is 1. The Labute approximate surface area is 88.3 Å². The van der Waals surface area contributed by atoms with Crippen molar-refractivity contribution in [2.45, 2.75) is 19.8 Å². The highest BCUT2D eigenvalue weighted by Crippen LogP contribution is 2.31. The molecule has 2 nitrogen and oxygen atoms in total. The number of carbonyl (C=O) groups excluding carboxylic acids is 1. The summed E-state index contributed by atoms with van der Waals surface area (Å²) in [5, 5.41) is 3.82. The molecule has 0 bridgehead atoms. The number of carbonyl (C=O) groups is 1. The second-order valence-corrected chi connectivity index (χ2v) is 3.97. The van der Waals surface area contributed by atoms with E-state index in [4.69, 9.17) is 11.6 Å². The molecule has 0 spiro atoms. The summed E-state index contributed by atoms with van der Waals surface area (Å²) in [5.74, 6) is 0.152. The fourth-order valence-electron chi connectivity index (χ4n) is 1.77. The molecule has 0 saturated heterocycles. The van der Waals surface area contributed by atoms with Crippen LogP contribution in [0.25, 0.3) is 0 Å². The van der Waals surface area contributed by atoms with E-state index < -0.39 is 0 Å². The standard InChI is InChI=1S/C11H12ClNO/c1-7-4-5-8(12)10-9(14)3-2-6-13-11(7)10/h4-5,13H,2-3,6H2,1H3. The number of nitrogens with one attached hydrogen (secondary N) is 1. The lowest BCUT2D eigenvalue weighted by Gasteiger charge is -2.11. The van der Waals surface area contributed by atoms with Gasteiger partial charge in [-0.15, -0.1) is 0 Å². The number of hydrogen-bond acceptors (Lipinski definition) is 2. The fraction of sp³-hybridized carbons (Fsp3) is 0.364. The van der Waals surface area contributed by atoms with Gasteiger partial charge in [0.1, 0.15) is 0 Å². The lowest BCUT2D eigenvalue weighted by atomic mass is 10.0. The van der Waals surface area contributed by atoms with Gasteiger partial charge in [-0.2, -0.15) is 0 Å².